The van der Waals surface area contributed by atoms with Crippen molar-refractivity contribution in [2.75, 3.05) is 4.90 Å². The topological polar surface area (TPSA) is 29.5 Å². The molecule has 0 heterocycles. The number of para-hydroxylation sites is 1. The van der Waals surface area contributed by atoms with Gasteiger partial charge in [0.25, 0.3) is 0 Å². The van der Waals surface area contributed by atoms with E-state index in [1.165, 1.54) is 0 Å². The second kappa shape index (κ2) is 11.6. The van der Waals surface area contributed by atoms with E-state index in [9.17, 15) is 4.79 Å². The summed E-state index contributed by atoms with van der Waals surface area (Å²) in [6.45, 7) is 11.2. The molecule has 2 aromatic carbocycles. The van der Waals surface area contributed by atoms with E-state index >= 15 is 0 Å². The smallest absolute Gasteiger partial charge is 0.414 e. The highest BCUT2D eigenvalue weighted by Crippen LogP contribution is 2.29. The molecule has 0 spiro atoms. The molecule has 0 saturated carbocycles. The Hall–Kier alpha value is -2.29. The lowest BCUT2D eigenvalue weighted by atomic mass is 9.91. The first-order valence-electron chi connectivity index (χ1n) is 11.1. The summed E-state index contributed by atoms with van der Waals surface area (Å²) in [7, 11) is 0. The molecule has 0 N–H and O–H groups in total. The first kappa shape index (κ1) is 23.0. The summed E-state index contributed by atoms with van der Waals surface area (Å²) in [5.74, 6) is 0.426. The third-order valence-electron chi connectivity index (χ3n) is 5.61. The van der Waals surface area contributed by atoms with Crippen LogP contribution in [0.5, 0.6) is 0 Å². The van der Waals surface area contributed by atoms with Gasteiger partial charge in [-0.3, -0.25) is 4.90 Å². The van der Waals surface area contributed by atoms with Gasteiger partial charge < -0.3 is 4.74 Å². The molecule has 0 aromatic heterocycles. The Morgan fingerprint density at radius 1 is 0.897 bits per heavy atom. The molecule has 1 amide bonds. The van der Waals surface area contributed by atoms with Crippen LogP contribution in [0.25, 0.3) is 0 Å². The lowest BCUT2D eigenvalue weighted by molar-refractivity contribution is 0.0567. The molecule has 0 unspecified atom stereocenters. The minimum atomic E-state index is -0.240. The number of benzene rings is 2. The van der Waals surface area contributed by atoms with Crippen molar-refractivity contribution in [2.45, 2.75) is 79.4 Å². The fourth-order valence-electron chi connectivity index (χ4n) is 4.20. The number of carbonyl (C=O) groups excluding carboxylic acids is 1. The van der Waals surface area contributed by atoms with Crippen molar-refractivity contribution in [1.82, 2.24) is 0 Å². The zero-order chi connectivity index (χ0) is 21.2. The average Bonchev–Trinajstić information content (AvgIpc) is 2.71. The van der Waals surface area contributed by atoms with Gasteiger partial charge in [0.1, 0.15) is 6.10 Å². The number of nitrogens with zero attached hydrogens (tertiary/aromatic N) is 1. The van der Waals surface area contributed by atoms with Crippen molar-refractivity contribution >= 4 is 11.8 Å². The van der Waals surface area contributed by atoms with Crippen molar-refractivity contribution < 1.29 is 9.53 Å². The molecule has 0 saturated heterocycles. The fourth-order valence-corrected chi connectivity index (χ4v) is 4.20. The number of ether oxygens (including phenoxy) is 1. The summed E-state index contributed by atoms with van der Waals surface area (Å²) in [6.07, 6.45) is 5.00. The van der Waals surface area contributed by atoms with Crippen molar-refractivity contribution in [3.05, 3.63) is 65.2 Å². The van der Waals surface area contributed by atoms with Gasteiger partial charge in [0.2, 0.25) is 0 Å². The molecule has 2 rings (SSSR count). The van der Waals surface area contributed by atoms with E-state index in [2.05, 4.69) is 58.9 Å². The molecule has 0 radical (unpaired) electrons. The molecule has 29 heavy (non-hydrogen) atoms. The highest BCUT2D eigenvalue weighted by atomic mass is 16.6. The number of amides is 1. The van der Waals surface area contributed by atoms with Gasteiger partial charge in [-0.15, -0.1) is 0 Å². The van der Waals surface area contributed by atoms with Gasteiger partial charge in [0.05, 0.1) is 12.2 Å². The SMILES string of the molecule is CCCC(CCC)[C@H](CC)OC(=O)N(Cc1ccccc1)c1c(C)cccc1C. The monoisotopic (exact) mass is 395 g/mol. The molecule has 1 atom stereocenters. The van der Waals surface area contributed by atoms with E-state index in [1.54, 1.807) is 0 Å². The van der Waals surface area contributed by atoms with Crippen LogP contribution in [-0.4, -0.2) is 12.2 Å². The Labute approximate surface area is 177 Å². The van der Waals surface area contributed by atoms with Crippen LogP contribution in [0.4, 0.5) is 10.5 Å². The summed E-state index contributed by atoms with van der Waals surface area (Å²) in [4.78, 5) is 15.3. The number of hydrogen-bond donors (Lipinski definition) is 0. The standard InChI is InChI=1S/C26H37NO2/c1-6-13-23(14-7-2)24(8-3)29-26(28)27(19-22-17-10-9-11-18-22)25-20(4)15-12-16-21(25)5/h9-12,15-18,23-24H,6-8,13-14,19H2,1-5H3/t24-/m0/s1. The minimum absolute atomic E-state index is 0.0370. The van der Waals surface area contributed by atoms with Gasteiger partial charge in [0.15, 0.2) is 0 Å². The van der Waals surface area contributed by atoms with Crippen LogP contribution in [0.3, 0.4) is 0 Å². The van der Waals surface area contributed by atoms with Crippen LogP contribution in [0.2, 0.25) is 0 Å². The highest BCUT2D eigenvalue weighted by molar-refractivity contribution is 5.89. The van der Waals surface area contributed by atoms with Crippen molar-refractivity contribution in [3.8, 4) is 0 Å². The second-order valence-corrected chi connectivity index (χ2v) is 7.98. The number of rotatable bonds is 10. The van der Waals surface area contributed by atoms with Crippen LogP contribution < -0.4 is 4.90 Å². The van der Waals surface area contributed by atoms with Crippen LogP contribution in [-0.2, 0) is 11.3 Å². The predicted octanol–water partition coefficient (Wildman–Crippen LogP) is 7.44. The molecule has 0 aliphatic rings. The zero-order valence-electron chi connectivity index (χ0n) is 18.8. The maximum absolute atomic E-state index is 13.4. The Morgan fingerprint density at radius 2 is 1.48 bits per heavy atom. The number of anilines is 1. The third kappa shape index (κ3) is 6.35. The van der Waals surface area contributed by atoms with Crippen LogP contribution in [0.1, 0.15) is 69.6 Å². The van der Waals surface area contributed by atoms with E-state index in [-0.39, 0.29) is 12.2 Å². The average molecular weight is 396 g/mol. The third-order valence-corrected chi connectivity index (χ3v) is 5.61. The first-order chi connectivity index (χ1) is 14.0. The maximum Gasteiger partial charge on any atom is 0.414 e. The molecule has 0 bridgehead atoms. The largest absolute Gasteiger partial charge is 0.446 e. The van der Waals surface area contributed by atoms with Crippen LogP contribution in [0.15, 0.2) is 48.5 Å². The van der Waals surface area contributed by atoms with Gasteiger partial charge in [-0.2, -0.15) is 0 Å². The van der Waals surface area contributed by atoms with Crippen LogP contribution in [0, 0.1) is 19.8 Å². The first-order valence-corrected chi connectivity index (χ1v) is 11.1. The van der Waals surface area contributed by atoms with Gasteiger partial charge >= 0.3 is 6.09 Å². The molecule has 2 aromatic rings. The summed E-state index contributed by atoms with van der Waals surface area (Å²) >= 11 is 0. The van der Waals surface area contributed by atoms with E-state index in [4.69, 9.17) is 4.74 Å². The maximum atomic E-state index is 13.4. The van der Waals surface area contributed by atoms with E-state index < -0.39 is 0 Å². The second-order valence-electron chi connectivity index (χ2n) is 7.98. The quantitative estimate of drug-likeness (QED) is 0.418. The van der Waals surface area contributed by atoms with Gasteiger partial charge in [0, 0.05) is 0 Å². The molecular formula is C26H37NO2. The van der Waals surface area contributed by atoms with Crippen molar-refractivity contribution in [2.24, 2.45) is 5.92 Å². The molecule has 0 fully saturated rings. The molecular weight excluding hydrogens is 358 g/mol. The summed E-state index contributed by atoms with van der Waals surface area (Å²) in [5.41, 5.74) is 4.23. The fraction of sp³-hybridized carbons (Fsp3) is 0.500. The lowest BCUT2D eigenvalue weighted by Gasteiger charge is -2.31. The van der Waals surface area contributed by atoms with E-state index in [1.807, 2.05) is 29.2 Å². The number of carbonyl (C=O) groups is 1. The summed E-state index contributed by atoms with van der Waals surface area (Å²) < 4.78 is 6.15. The summed E-state index contributed by atoms with van der Waals surface area (Å²) in [6, 6.07) is 16.3. The zero-order valence-corrected chi connectivity index (χ0v) is 18.8. The van der Waals surface area contributed by atoms with Crippen LogP contribution >= 0.6 is 0 Å². The Kier molecular flexibility index (Phi) is 9.24. The Bertz CT molecular complexity index is 730. The highest BCUT2D eigenvalue weighted by Gasteiger charge is 2.27. The molecule has 0 aliphatic heterocycles. The molecule has 158 valence electrons. The van der Waals surface area contributed by atoms with Gasteiger partial charge in [-0.1, -0.05) is 82.1 Å². The summed E-state index contributed by atoms with van der Waals surface area (Å²) in [5, 5.41) is 0. The number of aryl methyl sites for hydroxylation is 2. The number of hydrogen-bond acceptors (Lipinski definition) is 2. The minimum Gasteiger partial charge on any atom is -0.446 e. The van der Waals surface area contributed by atoms with E-state index in [0.717, 1.165) is 54.5 Å². The lowest BCUT2D eigenvalue weighted by Crippen LogP contribution is -2.37. The Balaban J connectivity index is 2.33. The van der Waals surface area contributed by atoms with Gasteiger partial charge in [-0.25, -0.2) is 4.79 Å². The van der Waals surface area contributed by atoms with Crippen molar-refractivity contribution in [1.29, 1.82) is 0 Å². The van der Waals surface area contributed by atoms with E-state index in [0.29, 0.717) is 12.5 Å². The predicted molar refractivity (Wildman–Crippen MR) is 122 cm³/mol. The molecule has 3 nitrogen and oxygen atoms in total. The van der Waals surface area contributed by atoms with Crippen molar-refractivity contribution in [3.63, 3.8) is 0 Å². The Morgan fingerprint density at radius 3 is 2.00 bits per heavy atom. The molecule has 0 aliphatic carbocycles. The normalized spacial score (nSPS) is 12.1. The van der Waals surface area contributed by atoms with Gasteiger partial charge in [-0.05, 0) is 55.7 Å². The molecule has 3 heteroatoms.